The fourth-order valence-electron chi connectivity index (χ4n) is 2.47. The molecule has 0 nitrogen and oxygen atoms in total. The summed E-state index contributed by atoms with van der Waals surface area (Å²) in [5, 5.41) is 0.647. The maximum atomic E-state index is 5.95. The van der Waals surface area contributed by atoms with E-state index in [-0.39, 0.29) is 5.92 Å². The summed E-state index contributed by atoms with van der Waals surface area (Å²) in [4.78, 5) is 0. The molecule has 0 heterocycles. The van der Waals surface area contributed by atoms with Crippen LogP contribution >= 0.6 is 11.6 Å². The summed E-state index contributed by atoms with van der Waals surface area (Å²) in [5.74, 6) is 0.214. The first-order valence-corrected chi connectivity index (χ1v) is 6.99. The zero-order valence-corrected chi connectivity index (χ0v) is 11.7. The van der Waals surface area contributed by atoms with Gasteiger partial charge in [0.1, 0.15) is 0 Å². The first kappa shape index (κ1) is 13.0. The average molecular weight is 278 g/mol. The third kappa shape index (κ3) is 2.76. The van der Waals surface area contributed by atoms with E-state index in [1.807, 2.05) is 24.3 Å². The maximum Gasteiger partial charge on any atom is 0.0485 e. The van der Waals surface area contributed by atoms with Crippen molar-refractivity contribution in [2.24, 2.45) is 0 Å². The van der Waals surface area contributed by atoms with Crippen LogP contribution in [0.2, 0.25) is 5.02 Å². The molecule has 3 aromatic rings. The van der Waals surface area contributed by atoms with Crippen molar-refractivity contribution in [3.63, 3.8) is 0 Å². The molecule has 0 aromatic heterocycles. The van der Waals surface area contributed by atoms with Crippen LogP contribution in [0, 0.1) is 6.07 Å². The van der Waals surface area contributed by atoms with Crippen molar-refractivity contribution >= 4 is 11.6 Å². The number of benzene rings is 3. The Balaban J connectivity index is 2.11. The highest BCUT2D eigenvalue weighted by atomic mass is 35.5. The fourth-order valence-corrected chi connectivity index (χ4v) is 2.58. The summed E-state index contributed by atoms with van der Waals surface area (Å²) < 4.78 is 0. The third-order valence-electron chi connectivity index (χ3n) is 3.40. The molecule has 0 amide bonds. The number of hydrogen-bond acceptors (Lipinski definition) is 0. The molecule has 0 aliphatic carbocycles. The van der Waals surface area contributed by atoms with Crippen molar-refractivity contribution in [3.8, 4) is 0 Å². The molecule has 1 heteroatoms. The minimum Gasteiger partial charge on any atom is -0.0837 e. The predicted octanol–water partition coefficient (Wildman–Crippen LogP) is 5.32. The molecule has 0 N–H and O–H groups in total. The number of halogens is 1. The molecule has 0 saturated carbocycles. The molecule has 97 valence electrons. The summed E-state index contributed by atoms with van der Waals surface area (Å²) in [6.45, 7) is 0. The van der Waals surface area contributed by atoms with Gasteiger partial charge < -0.3 is 0 Å². The molecule has 0 atom stereocenters. The molecule has 3 aromatic carbocycles. The fraction of sp³-hybridized carbons (Fsp3) is 0.0526. The van der Waals surface area contributed by atoms with Crippen molar-refractivity contribution in [2.45, 2.75) is 5.92 Å². The lowest BCUT2D eigenvalue weighted by Crippen LogP contribution is -2.02. The molecule has 0 fully saturated rings. The summed E-state index contributed by atoms with van der Waals surface area (Å²) in [6.07, 6.45) is 0. The Morgan fingerprint density at radius 3 is 1.65 bits per heavy atom. The van der Waals surface area contributed by atoms with E-state index >= 15 is 0 Å². The van der Waals surface area contributed by atoms with Gasteiger partial charge in [-0.2, -0.15) is 0 Å². The average Bonchev–Trinajstić information content (AvgIpc) is 2.52. The highest BCUT2D eigenvalue weighted by Gasteiger charge is 2.15. The lowest BCUT2D eigenvalue weighted by molar-refractivity contribution is 0.977. The minimum atomic E-state index is 0.214. The normalized spacial score (nSPS) is 10.7. The van der Waals surface area contributed by atoms with Crippen molar-refractivity contribution in [3.05, 3.63) is 107 Å². The minimum absolute atomic E-state index is 0.214. The van der Waals surface area contributed by atoms with E-state index in [0.29, 0.717) is 5.02 Å². The predicted molar refractivity (Wildman–Crippen MR) is 84.1 cm³/mol. The van der Waals surface area contributed by atoms with Crippen LogP contribution in [-0.2, 0) is 0 Å². The molecule has 0 unspecified atom stereocenters. The topological polar surface area (TPSA) is 0 Å². The van der Waals surface area contributed by atoms with E-state index in [0.717, 1.165) is 0 Å². The van der Waals surface area contributed by atoms with Crippen LogP contribution in [0.4, 0.5) is 0 Å². The van der Waals surface area contributed by atoms with Gasteiger partial charge >= 0.3 is 0 Å². The van der Waals surface area contributed by atoms with Crippen molar-refractivity contribution in [2.75, 3.05) is 0 Å². The summed E-state index contributed by atoms with van der Waals surface area (Å²) in [5.41, 5.74) is 3.75. The van der Waals surface area contributed by atoms with Gasteiger partial charge in [0.15, 0.2) is 0 Å². The van der Waals surface area contributed by atoms with Gasteiger partial charge in [0, 0.05) is 17.0 Å². The lowest BCUT2D eigenvalue weighted by atomic mass is 9.85. The van der Waals surface area contributed by atoms with E-state index in [2.05, 4.69) is 60.7 Å². The number of rotatable bonds is 3. The quantitative estimate of drug-likeness (QED) is 0.568. The van der Waals surface area contributed by atoms with Gasteiger partial charge in [-0.05, 0) is 28.8 Å². The highest BCUT2D eigenvalue weighted by molar-refractivity contribution is 6.30. The van der Waals surface area contributed by atoms with Crippen LogP contribution in [0.15, 0.2) is 78.9 Å². The summed E-state index contributed by atoms with van der Waals surface area (Å²) in [7, 11) is 0. The second-order valence-electron chi connectivity index (χ2n) is 4.72. The molecule has 0 bridgehead atoms. The standard InChI is InChI=1S/C19H14Cl/c20-18-13-11-17(12-14-18)19(15-7-3-1-4-8-15)16-9-5-2-6-10-16/h1-13,19H. The molecule has 3 rings (SSSR count). The van der Waals surface area contributed by atoms with Gasteiger partial charge in [-0.3, -0.25) is 0 Å². The van der Waals surface area contributed by atoms with Crippen LogP contribution in [0.5, 0.6) is 0 Å². The maximum absolute atomic E-state index is 5.95. The highest BCUT2D eigenvalue weighted by Crippen LogP contribution is 2.32. The van der Waals surface area contributed by atoms with E-state index < -0.39 is 0 Å². The van der Waals surface area contributed by atoms with Gasteiger partial charge in [0.05, 0.1) is 0 Å². The molecule has 0 spiro atoms. The van der Waals surface area contributed by atoms with Crippen LogP contribution in [-0.4, -0.2) is 0 Å². The van der Waals surface area contributed by atoms with Gasteiger partial charge in [-0.1, -0.05) is 78.3 Å². The molecule has 0 saturated heterocycles. The molecule has 1 radical (unpaired) electrons. The van der Waals surface area contributed by atoms with Gasteiger partial charge in [-0.15, -0.1) is 0 Å². The first-order chi connectivity index (χ1) is 9.84. The summed E-state index contributed by atoms with van der Waals surface area (Å²) >= 11 is 5.95. The van der Waals surface area contributed by atoms with E-state index in [1.54, 1.807) is 0 Å². The van der Waals surface area contributed by atoms with Gasteiger partial charge in [0.2, 0.25) is 0 Å². The Bertz CT molecular complexity index is 618. The Morgan fingerprint density at radius 1 is 0.650 bits per heavy atom. The molecular weight excluding hydrogens is 264 g/mol. The Labute approximate surface area is 124 Å². The van der Waals surface area contributed by atoms with Crippen LogP contribution < -0.4 is 0 Å². The van der Waals surface area contributed by atoms with Crippen LogP contribution in [0.1, 0.15) is 22.6 Å². The van der Waals surface area contributed by atoms with Gasteiger partial charge in [0.25, 0.3) is 0 Å². The number of hydrogen-bond donors (Lipinski definition) is 0. The van der Waals surface area contributed by atoms with Crippen LogP contribution in [0.25, 0.3) is 0 Å². The molecule has 0 aliphatic rings. The Kier molecular flexibility index (Phi) is 3.85. The smallest absolute Gasteiger partial charge is 0.0485 e. The van der Waals surface area contributed by atoms with Crippen molar-refractivity contribution in [1.82, 2.24) is 0 Å². The van der Waals surface area contributed by atoms with E-state index in [4.69, 9.17) is 11.6 Å². The SMILES string of the molecule is Clc1[c]cc(C(c2ccccc2)c2ccccc2)cc1. The Hall–Kier alpha value is -2.05. The van der Waals surface area contributed by atoms with E-state index in [9.17, 15) is 0 Å². The van der Waals surface area contributed by atoms with Crippen molar-refractivity contribution < 1.29 is 0 Å². The molecule has 0 aliphatic heterocycles. The Morgan fingerprint density at radius 2 is 1.20 bits per heavy atom. The second-order valence-corrected chi connectivity index (χ2v) is 5.13. The zero-order chi connectivity index (χ0) is 13.8. The largest absolute Gasteiger partial charge is 0.0837 e. The van der Waals surface area contributed by atoms with E-state index in [1.165, 1.54) is 16.7 Å². The van der Waals surface area contributed by atoms with Crippen molar-refractivity contribution in [1.29, 1.82) is 0 Å². The lowest BCUT2D eigenvalue weighted by Gasteiger charge is -2.18. The molecule has 20 heavy (non-hydrogen) atoms. The summed E-state index contributed by atoms with van der Waals surface area (Å²) in [6, 6.07) is 30.1. The molecular formula is C19H14Cl. The third-order valence-corrected chi connectivity index (χ3v) is 3.63. The van der Waals surface area contributed by atoms with Gasteiger partial charge in [-0.25, -0.2) is 0 Å². The first-order valence-electron chi connectivity index (χ1n) is 6.61. The zero-order valence-electron chi connectivity index (χ0n) is 11.0. The monoisotopic (exact) mass is 277 g/mol. The second kappa shape index (κ2) is 5.94. The van der Waals surface area contributed by atoms with Crippen LogP contribution in [0.3, 0.4) is 0 Å².